The van der Waals surface area contributed by atoms with Gasteiger partial charge in [0.05, 0.1) is 24.1 Å². The second-order valence-corrected chi connectivity index (χ2v) is 5.24. The van der Waals surface area contributed by atoms with E-state index in [4.69, 9.17) is 4.74 Å². The van der Waals surface area contributed by atoms with Gasteiger partial charge >= 0.3 is 5.97 Å². The summed E-state index contributed by atoms with van der Waals surface area (Å²) in [5.41, 5.74) is 0.813. The molecule has 0 amide bonds. The minimum absolute atomic E-state index is 0.0326. The molecular formula is C14H18N2O5. The molecule has 0 radical (unpaired) electrons. The first-order valence-corrected chi connectivity index (χ1v) is 6.68. The lowest BCUT2D eigenvalue weighted by Gasteiger charge is -2.32. The summed E-state index contributed by atoms with van der Waals surface area (Å²) in [6.45, 7) is 2.45. The van der Waals surface area contributed by atoms with Crippen LogP contribution in [-0.2, 0) is 9.53 Å². The molecule has 21 heavy (non-hydrogen) atoms. The predicted octanol–water partition coefficient (Wildman–Crippen LogP) is 1.69. The second-order valence-electron chi connectivity index (χ2n) is 5.24. The molecule has 3 unspecified atom stereocenters. The van der Waals surface area contributed by atoms with Crippen LogP contribution in [0.25, 0.3) is 0 Å². The number of benzene rings is 1. The van der Waals surface area contributed by atoms with Gasteiger partial charge in [-0.2, -0.15) is 0 Å². The molecular weight excluding hydrogens is 276 g/mol. The number of rotatable bonds is 5. The maximum atomic E-state index is 11.2. The largest absolute Gasteiger partial charge is 0.481 e. The van der Waals surface area contributed by atoms with Gasteiger partial charge in [-0.25, -0.2) is 0 Å². The Balaban J connectivity index is 2.19. The number of non-ortho nitro benzene ring substituents is 1. The zero-order valence-corrected chi connectivity index (χ0v) is 11.9. The van der Waals surface area contributed by atoms with Crippen LogP contribution >= 0.6 is 0 Å². The van der Waals surface area contributed by atoms with Gasteiger partial charge in [0.1, 0.15) is 0 Å². The van der Waals surface area contributed by atoms with Gasteiger partial charge in [-0.15, -0.1) is 0 Å². The fraction of sp³-hybridized carbons (Fsp3) is 0.500. The number of nitro groups is 1. The first kappa shape index (κ1) is 15.4. The molecule has 7 heteroatoms. The number of carboxylic acids is 1. The summed E-state index contributed by atoms with van der Waals surface area (Å²) in [4.78, 5) is 23.5. The standard InChI is InChI=1S/C14H18N2O5/c1-9(10-4-3-5-11(6-10)16(19)20)15(2)13-8-21-7-12(13)14(17)18/h3-6,9,12-13H,7-8H2,1-2H3,(H,17,18). The summed E-state index contributed by atoms with van der Waals surface area (Å²) in [6, 6.07) is 6.02. The van der Waals surface area contributed by atoms with Crippen LogP contribution in [-0.4, -0.2) is 47.2 Å². The smallest absolute Gasteiger partial charge is 0.310 e. The highest BCUT2D eigenvalue weighted by Gasteiger charge is 2.38. The van der Waals surface area contributed by atoms with Crippen molar-refractivity contribution in [1.82, 2.24) is 4.90 Å². The zero-order valence-electron chi connectivity index (χ0n) is 11.9. The third-order valence-corrected chi connectivity index (χ3v) is 4.07. The van der Waals surface area contributed by atoms with Crippen LogP contribution in [0.15, 0.2) is 24.3 Å². The van der Waals surface area contributed by atoms with Gasteiger partial charge < -0.3 is 9.84 Å². The first-order chi connectivity index (χ1) is 9.91. The number of carbonyl (C=O) groups is 1. The molecule has 1 aliphatic rings. The predicted molar refractivity (Wildman–Crippen MR) is 75.0 cm³/mol. The maximum Gasteiger partial charge on any atom is 0.310 e. The molecule has 1 fully saturated rings. The van der Waals surface area contributed by atoms with Gasteiger partial charge in [-0.05, 0) is 19.5 Å². The Labute approximate surface area is 122 Å². The minimum atomic E-state index is -0.879. The average molecular weight is 294 g/mol. The molecule has 1 aromatic rings. The molecule has 1 aromatic carbocycles. The lowest BCUT2D eigenvalue weighted by molar-refractivity contribution is -0.385. The molecule has 2 rings (SSSR count). The summed E-state index contributed by atoms with van der Waals surface area (Å²) in [6.07, 6.45) is 0. The lowest BCUT2D eigenvalue weighted by atomic mass is 9.99. The molecule has 1 N–H and O–H groups in total. The average Bonchev–Trinajstić information content (AvgIpc) is 2.95. The van der Waals surface area contributed by atoms with E-state index in [1.165, 1.54) is 12.1 Å². The summed E-state index contributed by atoms with van der Waals surface area (Å²) < 4.78 is 5.27. The Kier molecular flexibility index (Phi) is 4.54. The van der Waals surface area contributed by atoms with Crippen LogP contribution in [0, 0.1) is 16.0 Å². The summed E-state index contributed by atoms with van der Waals surface area (Å²) in [7, 11) is 1.82. The summed E-state index contributed by atoms with van der Waals surface area (Å²) in [5, 5.41) is 20.0. The normalized spacial score (nSPS) is 23.2. The van der Waals surface area contributed by atoms with Crippen molar-refractivity contribution >= 4 is 11.7 Å². The van der Waals surface area contributed by atoms with Crippen molar-refractivity contribution in [3.63, 3.8) is 0 Å². The van der Waals surface area contributed by atoms with Crippen LogP contribution in [0.3, 0.4) is 0 Å². The van der Waals surface area contributed by atoms with Crippen molar-refractivity contribution in [3.05, 3.63) is 39.9 Å². The van der Waals surface area contributed by atoms with E-state index in [-0.39, 0.29) is 24.4 Å². The molecule has 1 saturated heterocycles. The fourth-order valence-electron chi connectivity index (χ4n) is 2.60. The van der Waals surface area contributed by atoms with E-state index in [1.54, 1.807) is 12.1 Å². The molecule has 0 aliphatic carbocycles. The molecule has 0 saturated carbocycles. The van der Waals surface area contributed by atoms with Crippen LogP contribution in [0.2, 0.25) is 0 Å². The van der Waals surface area contributed by atoms with Crippen molar-refractivity contribution in [2.24, 2.45) is 5.92 Å². The number of likely N-dealkylation sites (N-methyl/N-ethyl adjacent to an activating group) is 1. The van der Waals surface area contributed by atoms with E-state index in [0.717, 1.165) is 5.56 Å². The minimum Gasteiger partial charge on any atom is -0.481 e. The van der Waals surface area contributed by atoms with Crippen LogP contribution < -0.4 is 0 Å². The molecule has 1 aliphatic heterocycles. The number of ether oxygens (including phenoxy) is 1. The highest BCUT2D eigenvalue weighted by Crippen LogP contribution is 2.29. The van der Waals surface area contributed by atoms with E-state index >= 15 is 0 Å². The first-order valence-electron chi connectivity index (χ1n) is 6.68. The SMILES string of the molecule is CC(c1cccc([N+](=O)[O-])c1)N(C)C1COCC1C(=O)O. The molecule has 0 spiro atoms. The van der Waals surface area contributed by atoms with E-state index in [0.29, 0.717) is 6.61 Å². The highest BCUT2D eigenvalue weighted by atomic mass is 16.6. The van der Waals surface area contributed by atoms with Gasteiger partial charge in [0, 0.05) is 24.2 Å². The second kappa shape index (κ2) is 6.19. The van der Waals surface area contributed by atoms with Crippen LogP contribution in [0.1, 0.15) is 18.5 Å². The summed E-state index contributed by atoms with van der Waals surface area (Å²) in [5.74, 6) is -1.45. The van der Waals surface area contributed by atoms with Crippen molar-refractivity contribution < 1.29 is 19.6 Å². The number of nitrogens with zero attached hydrogens (tertiary/aromatic N) is 2. The van der Waals surface area contributed by atoms with E-state index < -0.39 is 16.8 Å². The quantitative estimate of drug-likeness (QED) is 0.656. The maximum absolute atomic E-state index is 11.2. The molecule has 7 nitrogen and oxygen atoms in total. The molecule has 0 aromatic heterocycles. The molecule has 114 valence electrons. The van der Waals surface area contributed by atoms with Crippen molar-refractivity contribution in [1.29, 1.82) is 0 Å². The number of hydrogen-bond donors (Lipinski definition) is 1. The Morgan fingerprint density at radius 2 is 2.24 bits per heavy atom. The fourth-order valence-corrected chi connectivity index (χ4v) is 2.60. The number of nitro benzene ring substituents is 1. The lowest BCUT2D eigenvalue weighted by Crippen LogP contribution is -2.42. The molecule has 1 heterocycles. The Morgan fingerprint density at radius 1 is 1.52 bits per heavy atom. The van der Waals surface area contributed by atoms with Gasteiger partial charge in [-0.1, -0.05) is 12.1 Å². The van der Waals surface area contributed by atoms with Crippen molar-refractivity contribution in [2.45, 2.75) is 19.0 Å². The Bertz CT molecular complexity index is 548. The summed E-state index contributed by atoms with van der Waals surface area (Å²) >= 11 is 0. The Hall–Kier alpha value is -1.99. The Morgan fingerprint density at radius 3 is 2.86 bits per heavy atom. The molecule has 0 bridgehead atoms. The van der Waals surface area contributed by atoms with Crippen LogP contribution in [0.5, 0.6) is 0 Å². The van der Waals surface area contributed by atoms with Crippen molar-refractivity contribution in [2.75, 3.05) is 20.3 Å². The van der Waals surface area contributed by atoms with Gasteiger partial charge in [-0.3, -0.25) is 19.8 Å². The third-order valence-electron chi connectivity index (χ3n) is 4.07. The number of aliphatic carboxylic acids is 1. The van der Waals surface area contributed by atoms with Gasteiger partial charge in [0.25, 0.3) is 5.69 Å². The third kappa shape index (κ3) is 3.20. The number of carboxylic acid groups (broad SMARTS) is 1. The topological polar surface area (TPSA) is 92.9 Å². The monoisotopic (exact) mass is 294 g/mol. The molecule has 3 atom stereocenters. The zero-order chi connectivity index (χ0) is 15.6. The van der Waals surface area contributed by atoms with E-state index in [2.05, 4.69) is 0 Å². The van der Waals surface area contributed by atoms with Gasteiger partial charge in [0.2, 0.25) is 0 Å². The number of hydrogen-bond acceptors (Lipinski definition) is 5. The highest BCUT2D eigenvalue weighted by molar-refractivity contribution is 5.71. The van der Waals surface area contributed by atoms with E-state index in [9.17, 15) is 20.0 Å². The van der Waals surface area contributed by atoms with Crippen molar-refractivity contribution in [3.8, 4) is 0 Å². The van der Waals surface area contributed by atoms with E-state index in [1.807, 2.05) is 18.9 Å². The van der Waals surface area contributed by atoms with Crippen LogP contribution in [0.4, 0.5) is 5.69 Å². The van der Waals surface area contributed by atoms with Gasteiger partial charge in [0.15, 0.2) is 0 Å².